The fourth-order valence-corrected chi connectivity index (χ4v) is 1.51. The van der Waals surface area contributed by atoms with E-state index in [9.17, 15) is 0 Å². The number of hydrogen-bond donors (Lipinski definition) is 2. The number of anilines is 1. The molecular weight excluding hydrogens is 204 g/mol. The lowest BCUT2D eigenvalue weighted by atomic mass is 9.95. The second kappa shape index (κ2) is 5.70. The number of aliphatic hydroxyl groups is 1. The number of nitrogens with one attached hydrogen (secondary N) is 1. The standard InChI is InChI=1S/C12H20N2O2/c1-4-12(2,7-9-15)14-11-10(16-3)6-5-8-13-11/h5-6,8,15H,4,7,9H2,1-3H3,(H,13,14). The SMILES string of the molecule is CCC(C)(CCO)Nc1ncccc1OC. The van der Waals surface area contributed by atoms with Gasteiger partial charge in [0, 0.05) is 18.3 Å². The minimum Gasteiger partial charge on any atom is -0.493 e. The van der Waals surface area contributed by atoms with E-state index in [0.29, 0.717) is 6.42 Å². The van der Waals surface area contributed by atoms with Crippen molar-refractivity contribution >= 4 is 5.82 Å². The van der Waals surface area contributed by atoms with Gasteiger partial charge in [0.15, 0.2) is 11.6 Å². The third kappa shape index (κ3) is 3.10. The molecule has 4 heteroatoms. The van der Waals surface area contributed by atoms with E-state index >= 15 is 0 Å². The van der Waals surface area contributed by atoms with E-state index in [1.54, 1.807) is 13.3 Å². The van der Waals surface area contributed by atoms with Crippen LogP contribution in [0.15, 0.2) is 18.3 Å². The predicted octanol–water partition coefficient (Wildman–Crippen LogP) is 2.05. The summed E-state index contributed by atoms with van der Waals surface area (Å²) in [6.45, 7) is 4.31. The first-order valence-electron chi connectivity index (χ1n) is 5.53. The average Bonchev–Trinajstić information content (AvgIpc) is 2.30. The summed E-state index contributed by atoms with van der Waals surface area (Å²) in [5.41, 5.74) is -0.156. The van der Waals surface area contributed by atoms with Crippen molar-refractivity contribution < 1.29 is 9.84 Å². The van der Waals surface area contributed by atoms with E-state index in [2.05, 4.69) is 24.1 Å². The van der Waals surface area contributed by atoms with Crippen molar-refractivity contribution in [2.45, 2.75) is 32.2 Å². The Bertz CT molecular complexity index is 331. The normalized spacial score (nSPS) is 14.2. The quantitative estimate of drug-likeness (QED) is 0.776. The summed E-state index contributed by atoms with van der Waals surface area (Å²) in [6, 6.07) is 3.70. The molecule has 0 aliphatic carbocycles. The fraction of sp³-hybridized carbons (Fsp3) is 0.583. The van der Waals surface area contributed by atoms with E-state index < -0.39 is 0 Å². The molecule has 0 aliphatic heterocycles. The minimum absolute atomic E-state index is 0.156. The molecule has 0 fully saturated rings. The third-order valence-electron chi connectivity index (χ3n) is 2.85. The highest BCUT2D eigenvalue weighted by atomic mass is 16.5. The van der Waals surface area contributed by atoms with Crippen LogP contribution in [0.3, 0.4) is 0 Å². The molecule has 0 saturated heterocycles. The molecule has 0 aromatic carbocycles. The van der Waals surface area contributed by atoms with E-state index in [1.165, 1.54) is 0 Å². The first-order valence-corrected chi connectivity index (χ1v) is 5.53. The molecule has 1 atom stereocenters. The van der Waals surface area contributed by atoms with Crippen LogP contribution in [0.2, 0.25) is 0 Å². The number of ether oxygens (including phenoxy) is 1. The maximum Gasteiger partial charge on any atom is 0.169 e. The summed E-state index contributed by atoms with van der Waals surface area (Å²) in [5.74, 6) is 1.45. The van der Waals surface area contributed by atoms with Gasteiger partial charge in [0.25, 0.3) is 0 Å². The second-order valence-electron chi connectivity index (χ2n) is 4.07. The molecule has 90 valence electrons. The zero-order valence-electron chi connectivity index (χ0n) is 10.2. The molecule has 1 rings (SSSR count). The summed E-state index contributed by atoms with van der Waals surface area (Å²) in [5, 5.41) is 12.4. The first kappa shape index (κ1) is 12.8. The van der Waals surface area contributed by atoms with Crippen LogP contribution in [0.4, 0.5) is 5.82 Å². The van der Waals surface area contributed by atoms with Gasteiger partial charge in [-0.15, -0.1) is 0 Å². The largest absolute Gasteiger partial charge is 0.493 e. The first-order chi connectivity index (χ1) is 7.65. The highest BCUT2D eigenvalue weighted by molar-refractivity contribution is 5.51. The molecule has 0 radical (unpaired) electrons. The van der Waals surface area contributed by atoms with Crippen molar-refractivity contribution in [2.24, 2.45) is 0 Å². The number of rotatable bonds is 6. The van der Waals surface area contributed by atoms with Gasteiger partial charge < -0.3 is 15.2 Å². The molecule has 16 heavy (non-hydrogen) atoms. The van der Waals surface area contributed by atoms with Crippen LogP contribution in [-0.2, 0) is 0 Å². The number of aliphatic hydroxyl groups excluding tert-OH is 1. The van der Waals surface area contributed by atoms with Crippen LogP contribution in [0.5, 0.6) is 5.75 Å². The van der Waals surface area contributed by atoms with Crippen LogP contribution in [0, 0.1) is 0 Å². The fourth-order valence-electron chi connectivity index (χ4n) is 1.51. The Labute approximate surface area is 96.7 Å². The van der Waals surface area contributed by atoms with Crippen molar-refractivity contribution in [1.29, 1.82) is 0 Å². The number of methoxy groups -OCH3 is 1. The van der Waals surface area contributed by atoms with Gasteiger partial charge in [-0.3, -0.25) is 0 Å². The second-order valence-corrected chi connectivity index (χ2v) is 4.07. The van der Waals surface area contributed by atoms with Gasteiger partial charge in [-0.1, -0.05) is 6.92 Å². The Morgan fingerprint density at radius 3 is 2.88 bits per heavy atom. The Morgan fingerprint density at radius 2 is 2.31 bits per heavy atom. The molecule has 0 spiro atoms. The van der Waals surface area contributed by atoms with Crippen molar-refractivity contribution in [2.75, 3.05) is 19.0 Å². The zero-order valence-corrected chi connectivity index (χ0v) is 10.2. The summed E-state index contributed by atoms with van der Waals surface area (Å²) in [6.07, 6.45) is 3.32. The van der Waals surface area contributed by atoms with Crippen molar-refractivity contribution in [1.82, 2.24) is 4.98 Å². The summed E-state index contributed by atoms with van der Waals surface area (Å²) in [7, 11) is 1.62. The number of nitrogens with zero attached hydrogens (tertiary/aromatic N) is 1. The number of aromatic nitrogens is 1. The van der Waals surface area contributed by atoms with Crippen molar-refractivity contribution in [3.63, 3.8) is 0 Å². The monoisotopic (exact) mass is 224 g/mol. The van der Waals surface area contributed by atoms with Gasteiger partial charge in [-0.2, -0.15) is 0 Å². The number of hydrogen-bond acceptors (Lipinski definition) is 4. The molecule has 0 amide bonds. The Hall–Kier alpha value is -1.29. The van der Waals surface area contributed by atoms with Crippen molar-refractivity contribution in [3.05, 3.63) is 18.3 Å². The molecule has 0 bridgehead atoms. The lowest BCUT2D eigenvalue weighted by Crippen LogP contribution is -2.35. The van der Waals surface area contributed by atoms with Crippen LogP contribution in [0.25, 0.3) is 0 Å². The topological polar surface area (TPSA) is 54.4 Å². The predicted molar refractivity (Wildman–Crippen MR) is 64.8 cm³/mol. The smallest absolute Gasteiger partial charge is 0.169 e. The maximum atomic E-state index is 9.05. The summed E-state index contributed by atoms with van der Waals surface area (Å²) < 4.78 is 5.23. The van der Waals surface area contributed by atoms with Crippen LogP contribution < -0.4 is 10.1 Å². The van der Waals surface area contributed by atoms with Gasteiger partial charge in [0.1, 0.15) is 0 Å². The maximum absolute atomic E-state index is 9.05. The lowest BCUT2D eigenvalue weighted by Gasteiger charge is -2.30. The van der Waals surface area contributed by atoms with Gasteiger partial charge >= 0.3 is 0 Å². The zero-order chi connectivity index (χ0) is 12.0. The van der Waals surface area contributed by atoms with Crippen LogP contribution in [-0.4, -0.2) is 29.3 Å². The lowest BCUT2D eigenvalue weighted by molar-refractivity contribution is 0.251. The van der Waals surface area contributed by atoms with E-state index in [-0.39, 0.29) is 12.1 Å². The highest BCUT2D eigenvalue weighted by Crippen LogP contribution is 2.26. The molecule has 2 N–H and O–H groups in total. The van der Waals surface area contributed by atoms with Crippen molar-refractivity contribution in [3.8, 4) is 5.75 Å². The Balaban J connectivity index is 2.85. The Kier molecular flexibility index (Phi) is 4.55. The molecule has 1 aromatic heterocycles. The molecular formula is C12H20N2O2. The van der Waals surface area contributed by atoms with Gasteiger partial charge in [-0.25, -0.2) is 4.98 Å². The Morgan fingerprint density at radius 1 is 1.56 bits per heavy atom. The highest BCUT2D eigenvalue weighted by Gasteiger charge is 2.22. The van der Waals surface area contributed by atoms with Crippen LogP contribution >= 0.6 is 0 Å². The summed E-state index contributed by atoms with van der Waals surface area (Å²) >= 11 is 0. The molecule has 1 unspecified atom stereocenters. The molecule has 4 nitrogen and oxygen atoms in total. The molecule has 0 aliphatic rings. The van der Waals surface area contributed by atoms with Crippen LogP contribution in [0.1, 0.15) is 26.7 Å². The summed E-state index contributed by atoms with van der Waals surface area (Å²) in [4.78, 5) is 4.25. The van der Waals surface area contributed by atoms with Gasteiger partial charge in [0.05, 0.1) is 7.11 Å². The van der Waals surface area contributed by atoms with E-state index in [1.807, 2.05) is 12.1 Å². The van der Waals surface area contributed by atoms with E-state index in [0.717, 1.165) is 18.0 Å². The van der Waals surface area contributed by atoms with Gasteiger partial charge in [0.2, 0.25) is 0 Å². The molecule has 1 heterocycles. The molecule has 1 aromatic rings. The van der Waals surface area contributed by atoms with E-state index in [4.69, 9.17) is 9.84 Å². The minimum atomic E-state index is -0.156. The average molecular weight is 224 g/mol. The molecule has 0 saturated carbocycles. The third-order valence-corrected chi connectivity index (χ3v) is 2.85. The number of pyridine rings is 1. The van der Waals surface area contributed by atoms with Gasteiger partial charge in [-0.05, 0) is 31.9 Å².